The van der Waals surface area contributed by atoms with Crippen molar-refractivity contribution in [2.75, 3.05) is 42.5 Å². The molecule has 2 heterocycles. The molecule has 150 valence electrons. The van der Waals surface area contributed by atoms with Crippen LogP contribution in [0.25, 0.3) is 0 Å². The standard InChI is InChI=1S/C23H32N4O/c1-17(2)10-11-24-23(28)21-9-8-20(16-25-21)26-12-14-27(15-13-26)22-7-5-6-18(3)19(22)4/h5-9,16-17H,10-15H2,1-4H3,(H,24,28). The lowest BCUT2D eigenvalue weighted by atomic mass is 10.1. The van der Waals surface area contributed by atoms with E-state index < -0.39 is 0 Å². The fraction of sp³-hybridized carbons (Fsp3) is 0.478. The molecule has 0 radical (unpaired) electrons. The molecule has 0 atom stereocenters. The molecule has 0 aliphatic carbocycles. The summed E-state index contributed by atoms with van der Waals surface area (Å²) in [6, 6.07) is 10.4. The van der Waals surface area contributed by atoms with Crippen LogP contribution in [0.5, 0.6) is 0 Å². The van der Waals surface area contributed by atoms with E-state index in [1.165, 1.54) is 16.8 Å². The van der Waals surface area contributed by atoms with E-state index in [4.69, 9.17) is 0 Å². The maximum Gasteiger partial charge on any atom is 0.269 e. The summed E-state index contributed by atoms with van der Waals surface area (Å²) in [5.41, 5.74) is 5.61. The van der Waals surface area contributed by atoms with Gasteiger partial charge >= 0.3 is 0 Å². The Kier molecular flexibility index (Phi) is 6.55. The first-order valence-corrected chi connectivity index (χ1v) is 10.3. The second kappa shape index (κ2) is 9.09. The fourth-order valence-electron chi connectivity index (χ4n) is 3.56. The Morgan fingerprint density at radius 1 is 1.07 bits per heavy atom. The molecule has 28 heavy (non-hydrogen) atoms. The first-order valence-electron chi connectivity index (χ1n) is 10.3. The number of hydrogen-bond donors (Lipinski definition) is 1. The van der Waals surface area contributed by atoms with Gasteiger partial charge in [-0.15, -0.1) is 0 Å². The van der Waals surface area contributed by atoms with Crippen LogP contribution in [-0.2, 0) is 0 Å². The molecule has 1 amide bonds. The zero-order valence-electron chi connectivity index (χ0n) is 17.5. The van der Waals surface area contributed by atoms with Crippen molar-refractivity contribution in [3.63, 3.8) is 0 Å². The zero-order valence-corrected chi connectivity index (χ0v) is 17.5. The summed E-state index contributed by atoms with van der Waals surface area (Å²) in [5, 5.41) is 2.94. The summed E-state index contributed by atoms with van der Waals surface area (Å²) < 4.78 is 0. The quantitative estimate of drug-likeness (QED) is 0.828. The molecule has 3 rings (SSSR count). The van der Waals surface area contributed by atoms with Crippen LogP contribution in [0, 0.1) is 19.8 Å². The lowest BCUT2D eigenvalue weighted by Crippen LogP contribution is -2.46. The van der Waals surface area contributed by atoms with Crippen molar-refractivity contribution < 1.29 is 4.79 Å². The Labute approximate surface area is 168 Å². The highest BCUT2D eigenvalue weighted by molar-refractivity contribution is 5.92. The summed E-state index contributed by atoms with van der Waals surface area (Å²) in [6.07, 6.45) is 2.81. The second-order valence-corrected chi connectivity index (χ2v) is 8.03. The number of nitrogens with one attached hydrogen (secondary N) is 1. The highest BCUT2D eigenvalue weighted by atomic mass is 16.1. The monoisotopic (exact) mass is 380 g/mol. The number of carbonyl (C=O) groups is 1. The van der Waals surface area contributed by atoms with Gasteiger partial charge in [-0.25, -0.2) is 4.98 Å². The molecular formula is C23H32N4O. The Balaban J connectivity index is 1.56. The molecule has 1 aromatic carbocycles. The van der Waals surface area contributed by atoms with Crippen LogP contribution in [0.2, 0.25) is 0 Å². The van der Waals surface area contributed by atoms with E-state index in [9.17, 15) is 4.79 Å². The molecule has 1 saturated heterocycles. The summed E-state index contributed by atoms with van der Waals surface area (Å²) in [5.74, 6) is 0.491. The number of anilines is 2. The lowest BCUT2D eigenvalue weighted by Gasteiger charge is -2.38. The van der Waals surface area contributed by atoms with Crippen LogP contribution in [0.15, 0.2) is 36.5 Å². The summed E-state index contributed by atoms with van der Waals surface area (Å²) in [4.78, 5) is 21.4. The maximum atomic E-state index is 12.2. The molecule has 1 aromatic heterocycles. The summed E-state index contributed by atoms with van der Waals surface area (Å²) in [6.45, 7) is 13.2. The third-order valence-electron chi connectivity index (χ3n) is 5.55. The number of hydrogen-bond acceptors (Lipinski definition) is 4. The van der Waals surface area contributed by atoms with Crippen molar-refractivity contribution in [2.45, 2.75) is 34.1 Å². The molecule has 0 saturated carbocycles. The number of benzene rings is 1. The Morgan fingerprint density at radius 3 is 2.43 bits per heavy atom. The average Bonchev–Trinajstić information content (AvgIpc) is 2.70. The molecule has 5 heteroatoms. The molecule has 0 spiro atoms. The number of carbonyl (C=O) groups excluding carboxylic acids is 1. The van der Waals surface area contributed by atoms with Crippen molar-refractivity contribution in [1.29, 1.82) is 0 Å². The largest absolute Gasteiger partial charge is 0.368 e. The number of aryl methyl sites for hydroxylation is 1. The predicted molar refractivity (Wildman–Crippen MR) is 116 cm³/mol. The minimum Gasteiger partial charge on any atom is -0.368 e. The van der Waals surface area contributed by atoms with Crippen LogP contribution in [-0.4, -0.2) is 43.6 Å². The highest BCUT2D eigenvalue weighted by Gasteiger charge is 2.19. The summed E-state index contributed by atoms with van der Waals surface area (Å²) in [7, 11) is 0. The number of piperazine rings is 1. The molecule has 0 unspecified atom stereocenters. The minimum absolute atomic E-state index is 0.0908. The smallest absolute Gasteiger partial charge is 0.269 e. The van der Waals surface area contributed by atoms with Crippen LogP contribution in [0.4, 0.5) is 11.4 Å². The van der Waals surface area contributed by atoms with E-state index in [-0.39, 0.29) is 5.91 Å². The van der Waals surface area contributed by atoms with Crippen molar-refractivity contribution in [3.05, 3.63) is 53.3 Å². The Morgan fingerprint density at radius 2 is 1.79 bits per heavy atom. The Bertz CT molecular complexity index is 793. The van der Waals surface area contributed by atoms with Gasteiger partial charge < -0.3 is 15.1 Å². The van der Waals surface area contributed by atoms with Gasteiger partial charge in [-0.05, 0) is 55.5 Å². The molecule has 1 aliphatic rings. The highest BCUT2D eigenvalue weighted by Crippen LogP contribution is 2.25. The van der Waals surface area contributed by atoms with Crippen LogP contribution in [0.1, 0.15) is 41.9 Å². The van der Waals surface area contributed by atoms with Crippen molar-refractivity contribution in [2.24, 2.45) is 5.92 Å². The SMILES string of the molecule is Cc1cccc(N2CCN(c3ccc(C(=O)NCCC(C)C)nc3)CC2)c1C. The van der Waals surface area contributed by atoms with E-state index in [2.05, 4.69) is 66.0 Å². The van der Waals surface area contributed by atoms with E-state index in [0.29, 0.717) is 18.2 Å². The van der Waals surface area contributed by atoms with E-state index in [1.807, 2.05) is 18.3 Å². The topological polar surface area (TPSA) is 48.5 Å². The maximum absolute atomic E-state index is 12.2. The first kappa shape index (κ1) is 20.2. The van der Waals surface area contributed by atoms with Gasteiger partial charge in [0.25, 0.3) is 5.91 Å². The van der Waals surface area contributed by atoms with Crippen molar-refractivity contribution >= 4 is 17.3 Å². The van der Waals surface area contributed by atoms with E-state index in [1.54, 1.807) is 0 Å². The van der Waals surface area contributed by atoms with Gasteiger partial charge in [0.15, 0.2) is 0 Å². The molecule has 2 aromatic rings. The van der Waals surface area contributed by atoms with Crippen LogP contribution < -0.4 is 15.1 Å². The summed E-state index contributed by atoms with van der Waals surface area (Å²) >= 11 is 0. The normalized spacial score (nSPS) is 14.5. The number of pyridine rings is 1. The van der Waals surface area contributed by atoms with Gasteiger partial charge in [-0.1, -0.05) is 26.0 Å². The third kappa shape index (κ3) is 4.83. The minimum atomic E-state index is -0.0908. The van der Waals surface area contributed by atoms with Crippen LogP contribution in [0.3, 0.4) is 0 Å². The van der Waals surface area contributed by atoms with Gasteiger partial charge in [0.05, 0.1) is 11.9 Å². The number of aromatic nitrogens is 1. The van der Waals surface area contributed by atoms with Crippen molar-refractivity contribution in [1.82, 2.24) is 10.3 Å². The first-order chi connectivity index (χ1) is 13.5. The van der Waals surface area contributed by atoms with Gasteiger partial charge in [0.1, 0.15) is 5.69 Å². The molecule has 5 nitrogen and oxygen atoms in total. The van der Waals surface area contributed by atoms with Crippen molar-refractivity contribution in [3.8, 4) is 0 Å². The Hall–Kier alpha value is -2.56. The van der Waals surface area contributed by atoms with Gasteiger partial charge in [0.2, 0.25) is 0 Å². The molecule has 1 N–H and O–H groups in total. The molecular weight excluding hydrogens is 348 g/mol. The molecule has 1 aliphatic heterocycles. The van der Waals surface area contributed by atoms with E-state index in [0.717, 1.165) is 38.3 Å². The van der Waals surface area contributed by atoms with Gasteiger partial charge in [-0.3, -0.25) is 4.79 Å². The molecule has 1 fully saturated rings. The molecule has 0 bridgehead atoms. The third-order valence-corrected chi connectivity index (χ3v) is 5.55. The van der Waals surface area contributed by atoms with Gasteiger partial charge in [-0.2, -0.15) is 0 Å². The van der Waals surface area contributed by atoms with Crippen LogP contribution >= 0.6 is 0 Å². The number of rotatable bonds is 6. The average molecular weight is 381 g/mol. The predicted octanol–water partition coefficient (Wildman–Crippen LogP) is 3.80. The second-order valence-electron chi connectivity index (χ2n) is 8.03. The van der Waals surface area contributed by atoms with Gasteiger partial charge in [0, 0.05) is 38.4 Å². The lowest BCUT2D eigenvalue weighted by molar-refractivity contribution is 0.0947. The van der Waals surface area contributed by atoms with E-state index >= 15 is 0 Å². The number of amides is 1. The fourth-order valence-corrected chi connectivity index (χ4v) is 3.56. The number of nitrogens with zero attached hydrogens (tertiary/aromatic N) is 3. The zero-order chi connectivity index (χ0) is 20.1.